The highest BCUT2D eigenvalue weighted by Crippen LogP contribution is 2.16. The molecule has 1 atom stereocenters. The highest BCUT2D eigenvalue weighted by molar-refractivity contribution is 5.88. The Kier molecular flexibility index (Phi) is 10.7. The molecule has 0 bridgehead atoms. The standard InChI is InChI=1S/C18H25N5O2.C6H8O7/c1-14-7-15(2)23(20-14)11-17(24)10-22(12-18-5-4-6-25-18)9-16-8-19-13-21(16)3;7-3(8)1-6(13,5(11)12)2-4(9)10/h4-8,13,17,24H,9-12H2,1-3H3;13H,1-2H2,(H,7,8)(H,9,10)(H,11,12). The Morgan fingerprint density at radius 1 is 1.13 bits per heavy atom. The fourth-order valence-corrected chi connectivity index (χ4v) is 3.70. The predicted octanol–water partition coefficient (Wildman–Crippen LogP) is 0.641. The number of aliphatic hydroxyl groups excluding tert-OH is 1. The number of rotatable bonds is 13. The van der Waals surface area contributed by atoms with Crippen LogP contribution in [0.2, 0.25) is 0 Å². The number of aromatic nitrogens is 4. The van der Waals surface area contributed by atoms with Crippen molar-refractivity contribution in [3.8, 4) is 0 Å². The third-order valence-electron chi connectivity index (χ3n) is 5.50. The number of carbonyl (C=O) groups is 3. The molecule has 0 saturated carbocycles. The maximum atomic E-state index is 10.6. The number of carboxylic acids is 3. The summed E-state index contributed by atoms with van der Waals surface area (Å²) in [7, 11) is 1.97. The smallest absolute Gasteiger partial charge is 0.336 e. The Bertz CT molecular complexity index is 1190. The number of aryl methyl sites for hydroxylation is 3. The van der Waals surface area contributed by atoms with Gasteiger partial charge in [-0.25, -0.2) is 9.78 Å². The van der Waals surface area contributed by atoms with Gasteiger partial charge in [-0.15, -0.1) is 0 Å². The molecule has 3 rings (SSSR count). The van der Waals surface area contributed by atoms with Gasteiger partial charge in [-0.1, -0.05) is 0 Å². The molecule has 0 saturated heterocycles. The SMILES string of the molecule is Cc1cc(C)n(CC(O)CN(Cc2ccco2)Cc2cncn2C)n1.O=C(O)CC(O)(CC(=O)O)C(=O)O. The van der Waals surface area contributed by atoms with Crippen molar-refractivity contribution >= 4 is 17.9 Å². The molecule has 0 fully saturated rings. The maximum Gasteiger partial charge on any atom is 0.336 e. The van der Waals surface area contributed by atoms with Gasteiger partial charge in [0.25, 0.3) is 0 Å². The van der Waals surface area contributed by atoms with Crippen molar-refractivity contribution in [1.29, 1.82) is 0 Å². The first-order chi connectivity index (χ1) is 17.8. The number of hydrogen-bond acceptors (Lipinski definition) is 9. The van der Waals surface area contributed by atoms with Crippen LogP contribution < -0.4 is 0 Å². The topological polar surface area (TPSA) is 204 Å². The molecule has 5 N–H and O–H groups in total. The largest absolute Gasteiger partial charge is 0.481 e. The molecule has 0 aliphatic carbocycles. The summed E-state index contributed by atoms with van der Waals surface area (Å²) in [6, 6.07) is 5.84. The monoisotopic (exact) mass is 535 g/mol. The molecule has 3 heterocycles. The van der Waals surface area contributed by atoms with Crippen LogP contribution in [-0.2, 0) is 41.1 Å². The van der Waals surface area contributed by atoms with E-state index in [0.717, 1.165) is 22.8 Å². The lowest BCUT2D eigenvalue weighted by Gasteiger charge is -2.24. The molecule has 1 unspecified atom stereocenters. The van der Waals surface area contributed by atoms with E-state index < -0.39 is 42.5 Å². The maximum absolute atomic E-state index is 10.6. The van der Waals surface area contributed by atoms with Crippen LogP contribution in [0.25, 0.3) is 0 Å². The predicted molar refractivity (Wildman–Crippen MR) is 131 cm³/mol. The highest BCUT2D eigenvalue weighted by atomic mass is 16.4. The van der Waals surface area contributed by atoms with Gasteiger partial charge in [0.1, 0.15) is 5.76 Å². The van der Waals surface area contributed by atoms with Crippen molar-refractivity contribution in [2.24, 2.45) is 7.05 Å². The number of furan rings is 1. The van der Waals surface area contributed by atoms with Crippen LogP contribution in [0.4, 0.5) is 0 Å². The number of carboxylic acid groups (broad SMARTS) is 3. The van der Waals surface area contributed by atoms with Gasteiger partial charge in [-0.3, -0.25) is 19.2 Å². The molecule has 14 nitrogen and oxygen atoms in total. The summed E-state index contributed by atoms with van der Waals surface area (Å²) in [6.07, 6.45) is 2.49. The molecular weight excluding hydrogens is 502 g/mol. The normalized spacial score (nSPS) is 12.2. The molecule has 0 aliphatic rings. The summed E-state index contributed by atoms with van der Waals surface area (Å²) in [5, 5.41) is 48.8. The number of aliphatic hydroxyl groups is 2. The van der Waals surface area contributed by atoms with E-state index in [4.69, 9.17) is 24.8 Å². The molecule has 0 amide bonds. The van der Waals surface area contributed by atoms with Crippen molar-refractivity contribution in [1.82, 2.24) is 24.2 Å². The first-order valence-corrected chi connectivity index (χ1v) is 11.6. The number of hydrogen-bond donors (Lipinski definition) is 5. The zero-order chi connectivity index (χ0) is 28.5. The average Bonchev–Trinajstić information content (AvgIpc) is 3.50. The third kappa shape index (κ3) is 9.46. The summed E-state index contributed by atoms with van der Waals surface area (Å²) < 4.78 is 9.32. The minimum absolute atomic E-state index is 0.472. The number of nitrogens with zero attached hydrogens (tertiary/aromatic N) is 5. The number of aliphatic carboxylic acids is 3. The van der Waals surface area contributed by atoms with Crippen molar-refractivity contribution in [2.45, 2.75) is 58.0 Å². The number of imidazole rings is 1. The van der Waals surface area contributed by atoms with Crippen LogP contribution in [0.3, 0.4) is 0 Å². The highest BCUT2D eigenvalue weighted by Gasteiger charge is 2.40. The minimum Gasteiger partial charge on any atom is -0.481 e. The lowest BCUT2D eigenvalue weighted by Crippen LogP contribution is -2.42. The Morgan fingerprint density at radius 2 is 1.79 bits per heavy atom. The zero-order valence-electron chi connectivity index (χ0n) is 21.4. The fraction of sp³-hybridized carbons (Fsp3) is 0.458. The van der Waals surface area contributed by atoms with Gasteiger partial charge in [0.05, 0.1) is 56.0 Å². The average molecular weight is 536 g/mol. The van der Waals surface area contributed by atoms with Gasteiger partial charge in [0, 0.05) is 32.0 Å². The molecule has 14 heteroatoms. The molecular formula is C24H33N5O9. The van der Waals surface area contributed by atoms with Crippen molar-refractivity contribution in [3.05, 3.63) is 59.8 Å². The lowest BCUT2D eigenvalue weighted by molar-refractivity contribution is -0.170. The van der Waals surface area contributed by atoms with Crippen molar-refractivity contribution in [2.75, 3.05) is 6.54 Å². The summed E-state index contributed by atoms with van der Waals surface area (Å²) in [4.78, 5) is 36.8. The van der Waals surface area contributed by atoms with Crippen LogP contribution >= 0.6 is 0 Å². The van der Waals surface area contributed by atoms with Crippen molar-refractivity contribution < 1.29 is 44.3 Å². The Balaban J connectivity index is 0.000000332. The van der Waals surface area contributed by atoms with Crippen LogP contribution in [0, 0.1) is 13.8 Å². The van der Waals surface area contributed by atoms with Crippen LogP contribution in [0.1, 0.15) is 35.7 Å². The molecule has 208 valence electrons. The molecule has 0 spiro atoms. The van der Waals surface area contributed by atoms with Gasteiger partial charge < -0.3 is 34.5 Å². The van der Waals surface area contributed by atoms with E-state index in [0.29, 0.717) is 26.2 Å². The van der Waals surface area contributed by atoms with E-state index in [-0.39, 0.29) is 0 Å². The Morgan fingerprint density at radius 3 is 2.24 bits per heavy atom. The van der Waals surface area contributed by atoms with Crippen LogP contribution in [-0.4, -0.2) is 85.9 Å². The van der Waals surface area contributed by atoms with Gasteiger partial charge in [-0.2, -0.15) is 5.10 Å². The van der Waals surface area contributed by atoms with E-state index in [1.165, 1.54) is 0 Å². The summed E-state index contributed by atoms with van der Waals surface area (Å²) in [5.41, 5.74) is 0.371. The fourth-order valence-electron chi connectivity index (χ4n) is 3.70. The quantitative estimate of drug-likeness (QED) is 0.204. The Hall–Kier alpha value is -4.01. The third-order valence-corrected chi connectivity index (χ3v) is 5.50. The van der Waals surface area contributed by atoms with Crippen molar-refractivity contribution in [3.63, 3.8) is 0 Å². The van der Waals surface area contributed by atoms with E-state index in [9.17, 15) is 19.5 Å². The lowest BCUT2D eigenvalue weighted by atomic mass is 9.96. The van der Waals surface area contributed by atoms with E-state index >= 15 is 0 Å². The molecule has 0 radical (unpaired) electrons. The Labute approximate surface area is 218 Å². The molecule has 0 aromatic carbocycles. The molecule has 38 heavy (non-hydrogen) atoms. The van der Waals surface area contributed by atoms with E-state index in [1.54, 1.807) is 12.6 Å². The van der Waals surface area contributed by atoms with Gasteiger partial charge in [-0.05, 0) is 32.0 Å². The van der Waals surface area contributed by atoms with Crippen LogP contribution in [0.15, 0.2) is 41.4 Å². The van der Waals surface area contributed by atoms with Gasteiger partial charge >= 0.3 is 17.9 Å². The molecule has 3 aromatic heterocycles. The molecule has 3 aromatic rings. The summed E-state index contributed by atoms with van der Waals surface area (Å²) in [5.74, 6) is -4.14. The zero-order valence-corrected chi connectivity index (χ0v) is 21.4. The molecule has 0 aliphatic heterocycles. The minimum atomic E-state index is -2.74. The van der Waals surface area contributed by atoms with Gasteiger partial charge in [0.15, 0.2) is 5.60 Å². The first kappa shape index (κ1) is 30.2. The first-order valence-electron chi connectivity index (χ1n) is 11.6. The van der Waals surface area contributed by atoms with E-state index in [1.807, 2.05) is 54.5 Å². The summed E-state index contributed by atoms with van der Waals surface area (Å²) >= 11 is 0. The second kappa shape index (κ2) is 13.5. The van der Waals surface area contributed by atoms with Crippen LogP contribution in [0.5, 0.6) is 0 Å². The van der Waals surface area contributed by atoms with Gasteiger partial charge in [0.2, 0.25) is 0 Å². The van der Waals surface area contributed by atoms with E-state index in [2.05, 4.69) is 15.0 Å². The summed E-state index contributed by atoms with van der Waals surface area (Å²) in [6.45, 7) is 6.27. The second-order valence-electron chi connectivity index (χ2n) is 8.99. The second-order valence-corrected chi connectivity index (χ2v) is 8.99.